The topological polar surface area (TPSA) is 43.8 Å². The zero-order valence-electron chi connectivity index (χ0n) is 10.5. The van der Waals surface area contributed by atoms with E-state index in [1.165, 1.54) is 6.42 Å². The first-order valence-electron chi connectivity index (χ1n) is 6.33. The van der Waals surface area contributed by atoms with Gasteiger partial charge in [0.05, 0.1) is 0 Å². The van der Waals surface area contributed by atoms with Crippen molar-refractivity contribution in [2.24, 2.45) is 5.92 Å². The number of carbonyl (C=O) groups is 1. The molecule has 1 fully saturated rings. The highest BCUT2D eigenvalue weighted by atomic mass is 16.3. The summed E-state index contributed by atoms with van der Waals surface area (Å²) in [4.78, 5) is 15.9. The molecular weight excluding hydrogens is 204 g/mol. The second kappa shape index (κ2) is 6.74. The van der Waals surface area contributed by atoms with Crippen LogP contribution in [0.1, 0.15) is 33.1 Å². The van der Waals surface area contributed by atoms with Crippen LogP contribution in [0.5, 0.6) is 0 Å². The van der Waals surface area contributed by atoms with Gasteiger partial charge in [0.25, 0.3) is 0 Å². The Morgan fingerprint density at radius 2 is 2.31 bits per heavy atom. The summed E-state index contributed by atoms with van der Waals surface area (Å²) in [5, 5.41) is 8.79. The Morgan fingerprint density at radius 1 is 1.56 bits per heavy atom. The SMILES string of the molecule is CCN(CCCO)C(=O)N1CCCC(C)C1. The van der Waals surface area contributed by atoms with Gasteiger partial charge in [-0.25, -0.2) is 4.79 Å². The van der Waals surface area contributed by atoms with E-state index in [2.05, 4.69) is 6.92 Å². The summed E-state index contributed by atoms with van der Waals surface area (Å²) in [5.74, 6) is 0.620. The Kier molecular flexibility index (Phi) is 5.60. The van der Waals surface area contributed by atoms with Crippen molar-refractivity contribution in [2.45, 2.75) is 33.1 Å². The van der Waals surface area contributed by atoms with E-state index in [1.807, 2.05) is 16.7 Å². The van der Waals surface area contributed by atoms with Crippen molar-refractivity contribution < 1.29 is 9.90 Å². The molecule has 1 rings (SSSR count). The molecule has 1 aliphatic rings. The molecule has 0 aliphatic carbocycles. The third-order valence-corrected chi connectivity index (χ3v) is 3.17. The van der Waals surface area contributed by atoms with Gasteiger partial charge in [-0.15, -0.1) is 0 Å². The summed E-state index contributed by atoms with van der Waals surface area (Å²) in [6.07, 6.45) is 3.01. The maximum Gasteiger partial charge on any atom is 0.319 e. The Labute approximate surface area is 98.2 Å². The van der Waals surface area contributed by atoms with Gasteiger partial charge in [-0.05, 0) is 32.1 Å². The molecule has 4 nitrogen and oxygen atoms in total. The summed E-state index contributed by atoms with van der Waals surface area (Å²) in [6.45, 7) is 7.50. The van der Waals surface area contributed by atoms with E-state index in [4.69, 9.17) is 5.11 Å². The lowest BCUT2D eigenvalue weighted by Crippen LogP contribution is -2.47. The summed E-state index contributed by atoms with van der Waals surface area (Å²) >= 11 is 0. The van der Waals surface area contributed by atoms with Crippen LogP contribution in [0.4, 0.5) is 4.79 Å². The van der Waals surface area contributed by atoms with Crippen LogP contribution < -0.4 is 0 Å². The van der Waals surface area contributed by atoms with E-state index in [-0.39, 0.29) is 12.6 Å². The van der Waals surface area contributed by atoms with Crippen LogP contribution in [0, 0.1) is 5.92 Å². The van der Waals surface area contributed by atoms with E-state index in [0.717, 1.165) is 26.1 Å². The lowest BCUT2D eigenvalue weighted by Gasteiger charge is -2.35. The van der Waals surface area contributed by atoms with Crippen molar-refractivity contribution in [3.8, 4) is 0 Å². The third kappa shape index (κ3) is 3.67. The molecule has 1 heterocycles. The number of carbonyl (C=O) groups excluding carboxylic acids is 1. The molecule has 0 saturated carbocycles. The van der Waals surface area contributed by atoms with Gasteiger partial charge in [-0.1, -0.05) is 6.92 Å². The van der Waals surface area contributed by atoms with E-state index < -0.39 is 0 Å². The summed E-state index contributed by atoms with van der Waals surface area (Å²) in [6, 6.07) is 0.141. The molecule has 0 spiro atoms. The number of piperidine rings is 1. The van der Waals surface area contributed by atoms with E-state index in [0.29, 0.717) is 18.9 Å². The maximum absolute atomic E-state index is 12.2. The smallest absolute Gasteiger partial charge is 0.319 e. The second-order valence-corrected chi connectivity index (χ2v) is 4.63. The zero-order valence-corrected chi connectivity index (χ0v) is 10.5. The predicted molar refractivity (Wildman–Crippen MR) is 64.3 cm³/mol. The average molecular weight is 228 g/mol. The molecule has 0 aromatic carbocycles. The number of rotatable bonds is 4. The van der Waals surface area contributed by atoms with Crippen LogP contribution >= 0.6 is 0 Å². The van der Waals surface area contributed by atoms with Crippen LogP contribution in [0.2, 0.25) is 0 Å². The Morgan fingerprint density at radius 3 is 2.88 bits per heavy atom. The number of hydrogen-bond acceptors (Lipinski definition) is 2. The largest absolute Gasteiger partial charge is 0.396 e. The number of amides is 2. The molecule has 16 heavy (non-hydrogen) atoms. The van der Waals surface area contributed by atoms with Crippen LogP contribution in [0.3, 0.4) is 0 Å². The van der Waals surface area contributed by atoms with Crippen LogP contribution in [0.15, 0.2) is 0 Å². The minimum absolute atomic E-state index is 0.141. The molecular formula is C12H24N2O2. The van der Waals surface area contributed by atoms with Crippen LogP contribution in [-0.2, 0) is 0 Å². The van der Waals surface area contributed by atoms with Crippen LogP contribution in [-0.4, -0.2) is 53.7 Å². The first-order chi connectivity index (χ1) is 7.69. The van der Waals surface area contributed by atoms with Gasteiger partial charge >= 0.3 is 6.03 Å². The Balaban J connectivity index is 2.46. The summed E-state index contributed by atoms with van der Waals surface area (Å²) in [7, 11) is 0. The highest BCUT2D eigenvalue weighted by Crippen LogP contribution is 2.16. The number of aliphatic hydroxyl groups excluding tert-OH is 1. The lowest BCUT2D eigenvalue weighted by atomic mass is 10.0. The zero-order chi connectivity index (χ0) is 12.0. The fourth-order valence-electron chi connectivity index (χ4n) is 2.21. The molecule has 0 aromatic heterocycles. The number of aliphatic hydroxyl groups is 1. The molecule has 4 heteroatoms. The fraction of sp³-hybridized carbons (Fsp3) is 0.917. The van der Waals surface area contributed by atoms with Gasteiger partial charge in [0, 0.05) is 32.8 Å². The molecule has 1 unspecified atom stereocenters. The summed E-state index contributed by atoms with van der Waals surface area (Å²) in [5.41, 5.74) is 0. The number of likely N-dealkylation sites (tertiary alicyclic amines) is 1. The minimum Gasteiger partial charge on any atom is -0.396 e. The molecule has 1 N–H and O–H groups in total. The van der Waals surface area contributed by atoms with E-state index >= 15 is 0 Å². The molecule has 1 atom stereocenters. The normalized spacial score (nSPS) is 20.9. The quantitative estimate of drug-likeness (QED) is 0.793. The van der Waals surface area contributed by atoms with Gasteiger partial charge in [0.2, 0.25) is 0 Å². The van der Waals surface area contributed by atoms with E-state index in [1.54, 1.807) is 0 Å². The molecule has 0 radical (unpaired) electrons. The third-order valence-electron chi connectivity index (χ3n) is 3.17. The van der Waals surface area contributed by atoms with Crippen molar-refractivity contribution in [3.63, 3.8) is 0 Å². The first-order valence-corrected chi connectivity index (χ1v) is 6.33. The number of urea groups is 1. The fourth-order valence-corrected chi connectivity index (χ4v) is 2.21. The number of nitrogens with zero attached hydrogens (tertiary/aromatic N) is 2. The standard InChI is InChI=1S/C12H24N2O2/c1-3-13(8-5-9-15)12(16)14-7-4-6-11(2)10-14/h11,15H,3-10H2,1-2H3. The van der Waals surface area contributed by atoms with E-state index in [9.17, 15) is 4.79 Å². The van der Waals surface area contributed by atoms with Crippen molar-refractivity contribution >= 4 is 6.03 Å². The highest BCUT2D eigenvalue weighted by Gasteiger charge is 2.24. The second-order valence-electron chi connectivity index (χ2n) is 4.63. The highest BCUT2D eigenvalue weighted by molar-refractivity contribution is 5.74. The van der Waals surface area contributed by atoms with Gasteiger partial charge in [0.1, 0.15) is 0 Å². The average Bonchev–Trinajstić information content (AvgIpc) is 2.29. The Hall–Kier alpha value is -0.770. The monoisotopic (exact) mass is 228 g/mol. The molecule has 2 amide bonds. The van der Waals surface area contributed by atoms with Gasteiger partial charge in [0.15, 0.2) is 0 Å². The molecule has 0 aromatic rings. The van der Waals surface area contributed by atoms with Crippen molar-refractivity contribution in [3.05, 3.63) is 0 Å². The first kappa shape index (κ1) is 13.3. The molecule has 1 saturated heterocycles. The van der Waals surface area contributed by atoms with Crippen LogP contribution in [0.25, 0.3) is 0 Å². The number of hydrogen-bond donors (Lipinski definition) is 1. The minimum atomic E-state index is 0.141. The molecule has 94 valence electrons. The summed E-state index contributed by atoms with van der Waals surface area (Å²) < 4.78 is 0. The van der Waals surface area contributed by atoms with Crippen molar-refractivity contribution in [1.82, 2.24) is 9.80 Å². The molecule has 0 bridgehead atoms. The van der Waals surface area contributed by atoms with Crippen molar-refractivity contribution in [2.75, 3.05) is 32.8 Å². The van der Waals surface area contributed by atoms with Crippen molar-refractivity contribution in [1.29, 1.82) is 0 Å². The van der Waals surface area contributed by atoms with Gasteiger partial charge < -0.3 is 14.9 Å². The van der Waals surface area contributed by atoms with Gasteiger partial charge in [-0.2, -0.15) is 0 Å². The van der Waals surface area contributed by atoms with Gasteiger partial charge in [-0.3, -0.25) is 0 Å². The maximum atomic E-state index is 12.2. The molecule has 1 aliphatic heterocycles. The lowest BCUT2D eigenvalue weighted by molar-refractivity contribution is 0.129. The Bertz CT molecular complexity index is 221. The predicted octanol–water partition coefficient (Wildman–Crippen LogP) is 1.54.